The molecule has 0 saturated carbocycles. The maximum Gasteiger partial charge on any atom is 0.258 e. The highest BCUT2D eigenvalue weighted by molar-refractivity contribution is 6.23. The number of carbonyl (C=O) groups is 4. The summed E-state index contributed by atoms with van der Waals surface area (Å²) in [5.41, 5.74) is 0.743. The lowest BCUT2D eigenvalue weighted by Gasteiger charge is -2.11. The van der Waals surface area contributed by atoms with Gasteiger partial charge < -0.3 is 5.32 Å². The first-order valence-electron chi connectivity index (χ1n) is 10.8. The van der Waals surface area contributed by atoms with Crippen LogP contribution in [-0.2, 0) is 0 Å². The third-order valence-corrected chi connectivity index (χ3v) is 5.24. The Morgan fingerprint density at radius 3 is 1.97 bits per heavy atom. The normalized spacial score (nSPS) is 12.6. The molecule has 0 aliphatic carbocycles. The predicted molar refractivity (Wildman–Crippen MR) is 112 cm³/mol. The molecule has 0 aromatic heterocycles. The molecular weight excluding hydrogens is 368 g/mol. The molecule has 0 fully saturated rings. The van der Waals surface area contributed by atoms with E-state index in [1.807, 2.05) is 0 Å². The maximum absolute atomic E-state index is 12.8. The van der Waals surface area contributed by atoms with Crippen molar-refractivity contribution in [2.24, 2.45) is 0 Å². The van der Waals surface area contributed by atoms with Crippen LogP contribution >= 0.6 is 0 Å². The van der Waals surface area contributed by atoms with Crippen LogP contribution in [0.2, 0.25) is 0 Å². The number of rotatable bonds is 13. The molecule has 158 valence electrons. The predicted octanol–water partition coefficient (Wildman–Crippen LogP) is 4.42. The molecule has 29 heavy (non-hydrogen) atoms. The lowest BCUT2D eigenvalue weighted by molar-refractivity contribution is 0.0878. The Morgan fingerprint density at radius 1 is 0.793 bits per heavy atom. The van der Waals surface area contributed by atoms with Crippen molar-refractivity contribution in [1.29, 1.82) is 0 Å². The number of hydrogen-bond donors (Lipinski definition) is 2. The Kier molecular flexibility index (Phi) is 9.03. The molecule has 0 saturated heterocycles. The van der Waals surface area contributed by atoms with Crippen molar-refractivity contribution >= 4 is 23.5 Å². The van der Waals surface area contributed by atoms with Gasteiger partial charge in [0.2, 0.25) is 0 Å². The Balaban J connectivity index is 2.15. The average Bonchev–Trinajstić information content (AvgIpc) is 2.99. The highest BCUT2D eigenvalue weighted by atomic mass is 16.2. The third kappa shape index (κ3) is 6.24. The van der Waals surface area contributed by atoms with E-state index in [1.54, 1.807) is 0 Å². The van der Waals surface area contributed by atoms with Gasteiger partial charge in [-0.3, -0.25) is 24.5 Å². The van der Waals surface area contributed by atoms with Crippen LogP contribution in [-0.4, -0.2) is 30.0 Å². The molecule has 0 unspecified atom stereocenters. The molecule has 0 atom stereocenters. The van der Waals surface area contributed by atoms with E-state index >= 15 is 0 Å². The summed E-state index contributed by atoms with van der Waals surface area (Å²) in [5, 5.41) is 5.07. The van der Waals surface area contributed by atoms with Crippen LogP contribution in [0.15, 0.2) is 12.1 Å². The van der Waals surface area contributed by atoms with Crippen molar-refractivity contribution in [2.75, 3.05) is 6.54 Å². The SMILES string of the molecule is CCCCCCCC(=O)c1cc2c(cc1C(=O)NCCCCCC)C(=O)NC2=O. The van der Waals surface area contributed by atoms with Crippen LogP contribution in [0.25, 0.3) is 0 Å². The van der Waals surface area contributed by atoms with E-state index in [0.717, 1.165) is 57.8 Å². The summed E-state index contributed by atoms with van der Waals surface area (Å²) in [5.74, 6) is -1.58. The summed E-state index contributed by atoms with van der Waals surface area (Å²) in [6.45, 7) is 4.77. The number of hydrogen-bond acceptors (Lipinski definition) is 4. The van der Waals surface area contributed by atoms with Crippen molar-refractivity contribution < 1.29 is 19.2 Å². The van der Waals surface area contributed by atoms with E-state index in [-0.39, 0.29) is 33.9 Å². The summed E-state index contributed by atoms with van der Waals surface area (Å²) >= 11 is 0. The van der Waals surface area contributed by atoms with Crippen molar-refractivity contribution in [3.8, 4) is 0 Å². The van der Waals surface area contributed by atoms with Gasteiger partial charge in [0.1, 0.15) is 0 Å². The lowest BCUT2D eigenvalue weighted by atomic mass is 9.94. The van der Waals surface area contributed by atoms with Gasteiger partial charge in [0.05, 0.1) is 16.7 Å². The van der Waals surface area contributed by atoms with Crippen LogP contribution in [0.3, 0.4) is 0 Å². The number of fused-ring (bicyclic) bond motifs is 1. The van der Waals surface area contributed by atoms with E-state index < -0.39 is 11.8 Å². The molecule has 0 spiro atoms. The van der Waals surface area contributed by atoms with E-state index in [9.17, 15) is 19.2 Å². The number of amides is 3. The quantitative estimate of drug-likeness (QED) is 0.291. The van der Waals surface area contributed by atoms with E-state index in [0.29, 0.717) is 13.0 Å². The second-order valence-corrected chi connectivity index (χ2v) is 7.63. The number of imide groups is 1. The number of unbranched alkanes of at least 4 members (excludes halogenated alkanes) is 7. The number of benzene rings is 1. The van der Waals surface area contributed by atoms with Gasteiger partial charge in [0.15, 0.2) is 5.78 Å². The lowest BCUT2D eigenvalue weighted by Crippen LogP contribution is -2.27. The summed E-state index contributed by atoms with van der Waals surface area (Å²) in [6.07, 6.45) is 9.50. The Bertz CT molecular complexity index is 707. The Labute approximate surface area is 172 Å². The zero-order chi connectivity index (χ0) is 21.2. The van der Waals surface area contributed by atoms with Crippen molar-refractivity contribution in [3.05, 3.63) is 34.4 Å². The fourth-order valence-electron chi connectivity index (χ4n) is 3.50. The van der Waals surface area contributed by atoms with Gasteiger partial charge in [-0.1, -0.05) is 58.8 Å². The molecule has 2 rings (SSSR count). The molecule has 1 aromatic carbocycles. The van der Waals surface area contributed by atoms with Crippen molar-refractivity contribution in [2.45, 2.75) is 78.1 Å². The molecule has 0 radical (unpaired) electrons. The van der Waals surface area contributed by atoms with E-state index in [2.05, 4.69) is 24.5 Å². The molecule has 1 aliphatic heterocycles. The van der Waals surface area contributed by atoms with Crippen LogP contribution < -0.4 is 10.6 Å². The molecular formula is C23H32N2O4. The second-order valence-electron chi connectivity index (χ2n) is 7.63. The highest BCUT2D eigenvalue weighted by Gasteiger charge is 2.31. The first-order valence-corrected chi connectivity index (χ1v) is 10.8. The molecule has 3 amide bonds. The minimum atomic E-state index is -0.527. The Hall–Kier alpha value is -2.50. The molecule has 6 heteroatoms. The molecule has 6 nitrogen and oxygen atoms in total. The molecule has 0 bridgehead atoms. The minimum Gasteiger partial charge on any atom is -0.352 e. The monoisotopic (exact) mass is 400 g/mol. The molecule has 2 N–H and O–H groups in total. The van der Waals surface area contributed by atoms with Gasteiger partial charge >= 0.3 is 0 Å². The summed E-state index contributed by atoms with van der Waals surface area (Å²) < 4.78 is 0. The van der Waals surface area contributed by atoms with Gasteiger partial charge in [-0.05, 0) is 25.0 Å². The molecule has 1 heterocycles. The smallest absolute Gasteiger partial charge is 0.258 e. The third-order valence-electron chi connectivity index (χ3n) is 5.24. The summed E-state index contributed by atoms with van der Waals surface area (Å²) in [7, 11) is 0. The first-order chi connectivity index (χ1) is 14.0. The topological polar surface area (TPSA) is 92.3 Å². The zero-order valence-electron chi connectivity index (χ0n) is 17.6. The van der Waals surface area contributed by atoms with Crippen LogP contribution in [0, 0.1) is 0 Å². The molecule has 1 aliphatic rings. The maximum atomic E-state index is 12.8. The fourth-order valence-corrected chi connectivity index (χ4v) is 3.50. The fraction of sp³-hybridized carbons (Fsp3) is 0.565. The summed E-state index contributed by atoms with van der Waals surface area (Å²) in [6, 6.07) is 2.80. The van der Waals surface area contributed by atoms with Crippen molar-refractivity contribution in [1.82, 2.24) is 10.6 Å². The highest BCUT2D eigenvalue weighted by Crippen LogP contribution is 2.23. The number of Topliss-reactive ketones (excluding diaryl/α,β-unsaturated/α-hetero) is 1. The summed E-state index contributed by atoms with van der Waals surface area (Å²) in [4.78, 5) is 49.5. The zero-order valence-corrected chi connectivity index (χ0v) is 17.6. The van der Waals surface area contributed by atoms with Crippen molar-refractivity contribution in [3.63, 3.8) is 0 Å². The number of ketones is 1. The number of carbonyl (C=O) groups excluding carboxylic acids is 4. The van der Waals surface area contributed by atoms with Crippen LogP contribution in [0.4, 0.5) is 0 Å². The Morgan fingerprint density at radius 2 is 1.34 bits per heavy atom. The van der Waals surface area contributed by atoms with Crippen LogP contribution in [0.1, 0.15) is 119 Å². The van der Waals surface area contributed by atoms with E-state index in [4.69, 9.17) is 0 Å². The molecule has 1 aromatic rings. The van der Waals surface area contributed by atoms with E-state index in [1.165, 1.54) is 12.1 Å². The van der Waals surface area contributed by atoms with Gasteiger partial charge in [0, 0.05) is 18.5 Å². The largest absolute Gasteiger partial charge is 0.352 e. The van der Waals surface area contributed by atoms with Gasteiger partial charge in [-0.2, -0.15) is 0 Å². The first kappa shape index (κ1) is 22.8. The minimum absolute atomic E-state index is 0.158. The van der Waals surface area contributed by atoms with Gasteiger partial charge in [-0.25, -0.2) is 0 Å². The standard InChI is InChI=1S/C23H32N2O4/c1-3-5-7-9-10-12-20(26)16-14-18-19(23(29)25-22(18)28)15-17(16)21(27)24-13-11-8-6-4-2/h14-15H,3-13H2,1-2H3,(H,24,27)(H,25,28,29). The van der Waals surface area contributed by atoms with Gasteiger partial charge in [-0.15, -0.1) is 0 Å². The average molecular weight is 401 g/mol. The van der Waals surface area contributed by atoms with Gasteiger partial charge in [0.25, 0.3) is 17.7 Å². The number of nitrogens with one attached hydrogen (secondary N) is 2. The van der Waals surface area contributed by atoms with Crippen LogP contribution in [0.5, 0.6) is 0 Å². The second kappa shape index (κ2) is 11.5.